The Balaban J connectivity index is 1.52. The molecule has 1 unspecified atom stereocenters. The van der Waals surface area contributed by atoms with E-state index in [-0.39, 0.29) is 12.2 Å². The molecular formula is C16H15N3O4S2. The van der Waals surface area contributed by atoms with Crippen LogP contribution in [0.5, 0.6) is 0 Å². The summed E-state index contributed by atoms with van der Waals surface area (Å²) >= 11 is 3.06. The number of aryl methyl sites for hydroxylation is 1. The molecule has 1 atom stereocenters. The van der Waals surface area contributed by atoms with Crippen molar-refractivity contribution in [2.45, 2.75) is 26.4 Å². The Bertz CT molecular complexity index is 870. The van der Waals surface area contributed by atoms with Crippen LogP contribution in [0.4, 0.5) is 5.82 Å². The molecule has 0 saturated carbocycles. The highest BCUT2D eigenvalue weighted by atomic mass is 32.1. The van der Waals surface area contributed by atoms with E-state index in [2.05, 4.69) is 15.5 Å². The Morgan fingerprint density at radius 1 is 1.40 bits per heavy atom. The van der Waals surface area contributed by atoms with Gasteiger partial charge in [0.25, 0.3) is 5.91 Å². The lowest BCUT2D eigenvalue weighted by atomic mass is 10.3. The summed E-state index contributed by atoms with van der Waals surface area (Å²) in [5.41, 5.74) is 1.65. The molecule has 130 valence electrons. The molecule has 3 aromatic heterocycles. The molecule has 0 fully saturated rings. The van der Waals surface area contributed by atoms with Crippen LogP contribution < -0.4 is 5.32 Å². The number of thiazole rings is 1. The molecule has 0 bridgehead atoms. The SMILES string of the molecule is Cc1cc(NC(=O)C(C)OC(=O)Cc2csc(-c3ccsc3)n2)no1. The van der Waals surface area contributed by atoms with E-state index in [1.54, 1.807) is 24.3 Å². The van der Waals surface area contributed by atoms with E-state index in [9.17, 15) is 9.59 Å². The first-order valence-electron chi connectivity index (χ1n) is 7.42. The average Bonchev–Trinajstić information content (AvgIpc) is 3.28. The minimum Gasteiger partial charge on any atom is -0.452 e. The summed E-state index contributed by atoms with van der Waals surface area (Å²) in [6, 6.07) is 3.55. The number of esters is 1. The lowest BCUT2D eigenvalue weighted by Crippen LogP contribution is -2.30. The number of nitrogens with zero attached hydrogens (tertiary/aromatic N) is 2. The Morgan fingerprint density at radius 3 is 2.92 bits per heavy atom. The molecule has 7 nitrogen and oxygen atoms in total. The Hall–Kier alpha value is -2.52. The van der Waals surface area contributed by atoms with Gasteiger partial charge in [-0.25, -0.2) is 4.98 Å². The van der Waals surface area contributed by atoms with Crippen molar-refractivity contribution in [3.63, 3.8) is 0 Å². The molecule has 25 heavy (non-hydrogen) atoms. The molecule has 1 N–H and O–H groups in total. The third kappa shape index (κ3) is 4.52. The van der Waals surface area contributed by atoms with Gasteiger partial charge in [-0.2, -0.15) is 11.3 Å². The number of anilines is 1. The minimum atomic E-state index is -0.945. The molecule has 0 spiro atoms. The minimum absolute atomic E-state index is 0.0152. The third-order valence-electron chi connectivity index (χ3n) is 3.20. The van der Waals surface area contributed by atoms with Crippen molar-refractivity contribution in [3.05, 3.63) is 39.7 Å². The molecule has 3 aromatic rings. The lowest BCUT2D eigenvalue weighted by molar-refractivity contribution is -0.152. The molecule has 1 amide bonds. The number of ether oxygens (including phenoxy) is 1. The fourth-order valence-corrected chi connectivity index (χ4v) is 3.53. The number of hydrogen-bond acceptors (Lipinski definition) is 8. The van der Waals surface area contributed by atoms with Crippen LogP contribution in [0.25, 0.3) is 10.6 Å². The first kappa shape index (κ1) is 17.3. The molecule has 9 heteroatoms. The molecule has 3 rings (SSSR count). The van der Waals surface area contributed by atoms with E-state index < -0.39 is 18.0 Å². The Labute approximate surface area is 151 Å². The monoisotopic (exact) mass is 377 g/mol. The van der Waals surface area contributed by atoms with Gasteiger partial charge in [0.05, 0.1) is 12.1 Å². The quantitative estimate of drug-likeness (QED) is 0.663. The third-order valence-corrected chi connectivity index (χ3v) is 4.83. The summed E-state index contributed by atoms with van der Waals surface area (Å²) in [7, 11) is 0. The van der Waals surface area contributed by atoms with E-state index >= 15 is 0 Å². The summed E-state index contributed by atoms with van der Waals surface area (Å²) in [6.07, 6.45) is -0.930. The predicted octanol–water partition coefficient (Wildman–Crippen LogP) is 3.28. The van der Waals surface area contributed by atoms with Crippen LogP contribution in [0.3, 0.4) is 0 Å². The maximum absolute atomic E-state index is 12.0. The first-order chi connectivity index (χ1) is 12.0. The number of carbonyl (C=O) groups is 2. The molecule has 0 aliphatic rings. The maximum atomic E-state index is 12.0. The average molecular weight is 377 g/mol. The Kier molecular flexibility index (Phi) is 5.25. The molecule has 0 saturated heterocycles. The van der Waals surface area contributed by atoms with Gasteiger partial charge >= 0.3 is 5.97 Å². The maximum Gasteiger partial charge on any atom is 0.312 e. The van der Waals surface area contributed by atoms with E-state index in [4.69, 9.17) is 9.26 Å². The van der Waals surface area contributed by atoms with Crippen LogP contribution in [-0.4, -0.2) is 28.1 Å². The van der Waals surface area contributed by atoms with Gasteiger partial charge in [0.15, 0.2) is 11.9 Å². The van der Waals surface area contributed by atoms with Crippen LogP contribution in [0.1, 0.15) is 18.4 Å². The van der Waals surface area contributed by atoms with Crippen molar-refractivity contribution < 1.29 is 18.8 Å². The normalized spacial score (nSPS) is 11.9. The van der Waals surface area contributed by atoms with Gasteiger partial charge < -0.3 is 14.6 Å². The van der Waals surface area contributed by atoms with Crippen molar-refractivity contribution >= 4 is 40.4 Å². The van der Waals surface area contributed by atoms with Gasteiger partial charge in [0.2, 0.25) is 0 Å². The lowest BCUT2D eigenvalue weighted by Gasteiger charge is -2.11. The second-order valence-corrected chi connectivity index (χ2v) is 6.92. The van der Waals surface area contributed by atoms with Crippen molar-refractivity contribution in [2.75, 3.05) is 5.32 Å². The number of carbonyl (C=O) groups excluding carboxylic acids is 2. The van der Waals surface area contributed by atoms with Gasteiger partial charge in [-0.1, -0.05) is 5.16 Å². The zero-order chi connectivity index (χ0) is 17.8. The van der Waals surface area contributed by atoms with Crippen LogP contribution >= 0.6 is 22.7 Å². The van der Waals surface area contributed by atoms with Gasteiger partial charge in [-0.15, -0.1) is 11.3 Å². The predicted molar refractivity (Wildman–Crippen MR) is 94.6 cm³/mol. The summed E-state index contributed by atoms with van der Waals surface area (Å²) < 4.78 is 10.0. The standard InChI is InChI=1S/C16H15N3O4S2/c1-9-5-13(19-23-9)18-15(21)10(2)22-14(20)6-12-8-25-16(17-12)11-3-4-24-7-11/h3-5,7-8,10H,6H2,1-2H3,(H,18,19,21). The number of nitrogens with one attached hydrogen (secondary N) is 1. The fourth-order valence-electron chi connectivity index (χ4n) is 2.00. The van der Waals surface area contributed by atoms with E-state index in [0.717, 1.165) is 10.6 Å². The first-order valence-corrected chi connectivity index (χ1v) is 9.24. The van der Waals surface area contributed by atoms with Gasteiger partial charge in [0.1, 0.15) is 10.8 Å². The zero-order valence-electron chi connectivity index (χ0n) is 13.5. The molecule has 0 aliphatic carbocycles. The smallest absolute Gasteiger partial charge is 0.312 e. The van der Waals surface area contributed by atoms with E-state index in [1.165, 1.54) is 18.3 Å². The second-order valence-electron chi connectivity index (χ2n) is 5.28. The van der Waals surface area contributed by atoms with Crippen LogP contribution in [0.2, 0.25) is 0 Å². The molecule has 0 aromatic carbocycles. The summed E-state index contributed by atoms with van der Waals surface area (Å²) in [5.74, 6) is -0.129. The van der Waals surface area contributed by atoms with Crippen LogP contribution in [0.15, 0.2) is 32.8 Å². The van der Waals surface area contributed by atoms with Crippen molar-refractivity contribution in [2.24, 2.45) is 0 Å². The van der Waals surface area contributed by atoms with Gasteiger partial charge in [0, 0.05) is 22.4 Å². The molecular weight excluding hydrogens is 362 g/mol. The highest BCUT2D eigenvalue weighted by Gasteiger charge is 2.20. The van der Waals surface area contributed by atoms with Gasteiger partial charge in [-0.05, 0) is 25.3 Å². The zero-order valence-corrected chi connectivity index (χ0v) is 15.1. The summed E-state index contributed by atoms with van der Waals surface area (Å²) in [5, 5.41) is 12.8. The van der Waals surface area contributed by atoms with E-state index in [1.807, 2.05) is 22.2 Å². The van der Waals surface area contributed by atoms with E-state index in [0.29, 0.717) is 11.5 Å². The fraction of sp³-hybridized carbons (Fsp3) is 0.250. The largest absolute Gasteiger partial charge is 0.452 e. The number of amides is 1. The topological polar surface area (TPSA) is 94.3 Å². The van der Waals surface area contributed by atoms with Crippen molar-refractivity contribution in [3.8, 4) is 10.6 Å². The van der Waals surface area contributed by atoms with Crippen LogP contribution in [0, 0.1) is 6.92 Å². The van der Waals surface area contributed by atoms with Crippen molar-refractivity contribution in [1.29, 1.82) is 0 Å². The summed E-state index contributed by atoms with van der Waals surface area (Å²) in [6.45, 7) is 3.21. The highest BCUT2D eigenvalue weighted by molar-refractivity contribution is 7.14. The molecule has 3 heterocycles. The summed E-state index contributed by atoms with van der Waals surface area (Å²) in [4.78, 5) is 28.4. The number of aromatic nitrogens is 2. The molecule has 0 radical (unpaired) electrons. The van der Waals surface area contributed by atoms with Crippen molar-refractivity contribution in [1.82, 2.24) is 10.1 Å². The number of thiophene rings is 1. The van der Waals surface area contributed by atoms with Crippen LogP contribution in [-0.2, 0) is 20.7 Å². The number of rotatable bonds is 6. The second kappa shape index (κ2) is 7.58. The van der Waals surface area contributed by atoms with Gasteiger partial charge in [-0.3, -0.25) is 9.59 Å². The molecule has 0 aliphatic heterocycles. The Morgan fingerprint density at radius 2 is 2.24 bits per heavy atom. The highest BCUT2D eigenvalue weighted by Crippen LogP contribution is 2.25. The number of hydrogen-bond donors (Lipinski definition) is 1.